The number of aliphatic hydroxyl groups excluding tert-OH is 1. The van der Waals surface area contributed by atoms with Gasteiger partial charge in [0.05, 0.1) is 28.3 Å². The highest BCUT2D eigenvalue weighted by Gasteiger charge is 2.34. The Morgan fingerprint density at radius 3 is 2.76 bits per heavy atom. The molecule has 0 spiro atoms. The van der Waals surface area contributed by atoms with Crippen LogP contribution in [0.5, 0.6) is 11.5 Å². The van der Waals surface area contributed by atoms with Crippen molar-refractivity contribution in [3.05, 3.63) is 65.0 Å². The molecule has 234 valence electrons. The van der Waals surface area contributed by atoms with Gasteiger partial charge in [-0.05, 0) is 67.9 Å². The highest BCUT2D eigenvalue weighted by atomic mass is 79.9. The van der Waals surface area contributed by atoms with Crippen LogP contribution in [0.1, 0.15) is 26.3 Å². The van der Waals surface area contributed by atoms with Gasteiger partial charge in [0.2, 0.25) is 0 Å². The minimum atomic E-state index is -0.653. The van der Waals surface area contributed by atoms with Crippen molar-refractivity contribution in [3.63, 3.8) is 0 Å². The first-order valence-corrected chi connectivity index (χ1v) is 15.0. The molecule has 5 heterocycles. The van der Waals surface area contributed by atoms with Gasteiger partial charge in [-0.1, -0.05) is 0 Å². The van der Waals surface area contributed by atoms with E-state index in [9.17, 15) is 9.90 Å². The molecular weight excluding hydrogens is 649 g/mol. The van der Waals surface area contributed by atoms with Crippen molar-refractivity contribution < 1.29 is 23.8 Å². The number of benzene rings is 1. The Bertz CT molecular complexity index is 1900. The Balaban J connectivity index is 1.25. The van der Waals surface area contributed by atoms with Crippen molar-refractivity contribution in [2.75, 3.05) is 36.5 Å². The van der Waals surface area contributed by atoms with Crippen LogP contribution >= 0.6 is 15.9 Å². The van der Waals surface area contributed by atoms with Crippen molar-refractivity contribution in [1.82, 2.24) is 34.4 Å². The number of nitrogens with zero attached hydrogens (tertiary/aromatic N) is 8. The van der Waals surface area contributed by atoms with Gasteiger partial charge in [0.25, 0.3) is 0 Å². The molecule has 15 heteroatoms. The van der Waals surface area contributed by atoms with Crippen LogP contribution in [0.3, 0.4) is 0 Å². The molecule has 1 saturated heterocycles. The number of amides is 1. The molecule has 4 aromatic heterocycles. The van der Waals surface area contributed by atoms with Crippen LogP contribution in [0.15, 0.2) is 53.7 Å². The second-order valence-corrected chi connectivity index (χ2v) is 12.4. The molecule has 1 amide bonds. The van der Waals surface area contributed by atoms with Gasteiger partial charge in [0, 0.05) is 37.5 Å². The summed E-state index contributed by atoms with van der Waals surface area (Å²) in [6, 6.07) is 7.99. The first kappa shape index (κ1) is 30.4. The summed E-state index contributed by atoms with van der Waals surface area (Å²) in [4.78, 5) is 34.0. The molecule has 1 aliphatic rings. The van der Waals surface area contributed by atoms with Crippen LogP contribution in [0.4, 0.5) is 26.5 Å². The first-order valence-electron chi connectivity index (χ1n) is 14.2. The molecule has 5 aromatic rings. The highest BCUT2D eigenvalue weighted by Crippen LogP contribution is 2.35. The van der Waals surface area contributed by atoms with E-state index in [2.05, 4.69) is 41.3 Å². The van der Waals surface area contributed by atoms with Crippen molar-refractivity contribution in [2.24, 2.45) is 0 Å². The number of halogens is 2. The summed E-state index contributed by atoms with van der Waals surface area (Å²) in [5.74, 6) is 1.22. The highest BCUT2D eigenvalue weighted by molar-refractivity contribution is 9.10. The summed E-state index contributed by atoms with van der Waals surface area (Å²) < 4.78 is 29.4. The fourth-order valence-electron chi connectivity index (χ4n) is 5.02. The Morgan fingerprint density at radius 1 is 1.16 bits per heavy atom. The third kappa shape index (κ3) is 6.31. The van der Waals surface area contributed by atoms with E-state index in [4.69, 9.17) is 14.5 Å². The van der Waals surface area contributed by atoms with Gasteiger partial charge < -0.3 is 24.8 Å². The monoisotopic (exact) mass is 679 g/mol. The number of carbonyl (C=O) groups excluding carboxylic acids is 1. The summed E-state index contributed by atoms with van der Waals surface area (Å²) in [5.41, 5.74) is 1.40. The molecule has 1 aromatic carbocycles. The topological polar surface area (TPSA) is 143 Å². The molecular formula is C30H31BrFN9O4. The summed E-state index contributed by atoms with van der Waals surface area (Å²) >= 11 is 3.60. The molecule has 0 bridgehead atoms. The largest absolute Gasteiger partial charge is 0.457 e. The van der Waals surface area contributed by atoms with Crippen molar-refractivity contribution in [1.29, 1.82) is 0 Å². The van der Waals surface area contributed by atoms with Crippen LogP contribution in [0.2, 0.25) is 0 Å². The molecule has 0 saturated carbocycles. The average molecular weight is 681 g/mol. The molecule has 6 rings (SSSR count). The fourth-order valence-corrected chi connectivity index (χ4v) is 5.58. The second kappa shape index (κ2) is 12.0. The predicted molar refractivity (Wildman–Crippen MR) is 169 cm³/mol. The molecule has 1 aliphatic heterocycles. The standard InChI is InChI=1S/C30H31BrFN9O4/c1-17-23(44-19-7-8-41-24(11-19)34-16-36-41)6-5-21(25(17)32)37-27-26-22(33-15-35-27)12-20(31)28(38-26)39-9-10-40(18(13-39)14-42)29(43)45-30(2,3)4/h5-8,11-12,15-16,18,42H,9-10,13-14H2,1-4H3,(H,33,35,37)/t18-/m0/s1. The fraction of sp³-hybridized carbons (Fsp3) is 0.333. The van der Waals surface area contributed by atoms with E-state index in [0.29, 0.717) is 69.5 Å². The van der Waals surface area contributed by atoms with Crippen LogP contribution < -0.4 is 15.0 Å². The smallest absolute Gasteiger partial charge is 0.410 e. The van der Waals surface area contributed by atoms with E-state index in [0.717, 1.165) is 0 Å². The van der Waals surface area contributed by atoms with E-state index in [1.54, 1.807) is 67.6 Å². The second-order valence-electron chi connectivity index (χ2n) is 11.5. The number of piperazine rings is 1. The Morgan fingerprint density at radius 2 is 1.98 bits per heavy atom. The number of hydrogen-bond donors (Lipinski definition) is 2. The number of hydrogen-bond acceptors (Lipinski definition) is 11. The lowest BCUT2D eigenvalue weighted by Crippen LogP contribution is -2.57. The lowest BCUT2D eigenvalue weighted by molar-refractivity contribution is 0.00698. The lowest BCUT2D eigenvalue weighted by Gasteiger charge is -2.41. The Kier molecular flexibility index (Phi) is 8.14. The number of fused-ring (bicyclic) bond motifs is 2. The zero-order chi connectivity index (χ0) is 31.9. The SMILES string of the molecule is Cc1c(Oc2ccn3ncnc3c2)ccc(Nc2ncnc3cc(Br)c(N4CCN(C(=O)OC(C)(C)C)[C@H](CO)C4)nc23)c1F. The maximum absolute atomic E-state index is 15.7. The van der Waals surface area contributed by atoms with Crippen LogP contribution in [-0.2, 0) is 4.74 Å². The van der Waals surface area contributed by atoms with Crippen LogP contribution in [-0.4, -0.2) is 83.5 Å². The molecule has 0 aliphatic carbocycles. The summed E-state index contributed by atoms with van der Waals surface area (Å²) in [7, 11) is 0. The summed E-state index contributed by atoms with van der Waals surface area (Å²) in [6.45, 7) is 7.89. The molecule has 1 atom stereocenters. The van der Waals surface area contributed by atoms with Gasteiger partial charge in [-0.3, -0.25) is 4.90 Å². The maximum Gasteiger partial charge on any atom is 0.410 e. The zero-order valence-corrected chi connectivity index (χ0v) is 26.6. The van der Waals surface area contributed by atoms with Gasteiger partial charge in [0.15, 0.2) is 17.3 Å². The molecule has 0 unspecified atom stereocenters. The Hall–Kier alpha value is -4.63. The number of nitrogens with one attached hydrogen (secondary N) is 1. The van der Waals surface area contributed by atoms with Gasteiger partial charge in [-0.2, -0.15) is 5.10 Å². The van der Waals surface area contributed by atoms with Gasteiger partial charge in [-0.15, -0.1) is 0 Å². The molecule has 13 nitrogen and oxygen atoms in total. The number of carbonyl (C=O) groups is 1. The van der Waals surface area contributed by atoms with Crippen molar-refractivity contribution in [2.45, 2.75) is 39.3 Å². The molecule has 2 N–H and O–H groups in total. The minimum Gasteiger partial charge on any atom is -0.457 e. The quantitative estimate of drug-likeness (QED) is 0.243. The zero-order valence-electron chi connectivity index (χ0n) is 25.0. The maximum atomic E-state index is 15.7. The number of rotatable bonds is 6. The summed E-state index contributed by atoms with van der Waals surface area (Å²) in [6.07, 6.45) is 4.06. The molecule has 1 fully saturated rings. The third-order valence-corrected chi connectivity index (χ3v) is 7.82. The van der Waals surface area contributed by atoms with Crippen LogP contribution in [0, 0.1) is 12.7 Å². The van der Waals surface area contributed by atoms with Crippen LogP contribution in [0.25, 0.3) is 16.7 Å². The van der Waals surface area contributed by atoms with Crippen molar-refractivity contribution >= 4 is 56.0 Å². The van der Waals surface area contributed by atoms with E-state index in [1.807, 2.05) is 11.0 Å². The van der Waals surface area contributed by atoms with Crippen molar-refractivity contribution in [3.8, 4) is 11.5 Å². The number of anilines is 3. The predicted octanol–water partition coefficient (Wildman–Crippen LogP) is 5.23. The number of pyridine rings is 2. The number of aliphatic hydroxyl groups is 1. The van der Waals surface area contributed by atoms with E-state index < -0.39 is 23.6 Å². The van der Waals surface area contributed by atoms with E-state index >= 15 is 4.39 Å². The third-order valence-electron chi connectivity index (χ3n) is 7.24. The van der Waals surface area contributed by atoms with E-state index in [1.165, 1.54) is 12.7 Å². The van der Waals surface area contributed by atoms with Gasteiger partial charge in [0.1, 0.15) is 41.1 Å². The average Bonchev–Trinajstić information content (AvgIpc) is 3.47. The van der Waals surface area contributed by atoms with E-state index in [-0.39, 0.29) is 12.3 Å². The Labute approximate surface area is 266 Å². The minimum absolute atomic E-state index is 0.186. The molecule has 45 heavy (non-hydrogen) atoms. The summed E-state index contributed by atoms with van der Waals surface area (Å²) in [5, 5.41) is 17.3. The first-order chi connectivity index (χ1) is 21.5. The number of ether oxygens (including phenoxy) is 2. The van der Waals surface area contributed by atoms with Gasteiger partial charge >= 0.3 is 6.09 Å². The lowest BCUT2D eigenvalue weighted by atomic mass is 10.1. The normalized spacial score (nSPS) is 15.5. The van der Waals surface area contributed by atoms with Gasteiger partial charge in [-0.25, -0.2) is 33.6 Å². The molecule has 0 radical (unpaired) electrons. The number of aromatic nitrogens is 6.